The number of hydrogen-bond donors (Lipinski definition) is 3. The van der Waals surface area contributed by atoms with Gasteiger partial charge in [-0.05, 0) is 56.7 Å². The van der Waals surface area contributed by atoms with E-state index in [2.05, 4.69) is 24.5 Å². The van der Waals surface area contributed by atoms with Gasteiger partial charge in [0.05, 0.1) is 14.2 Å². The minimum absolute atomic E-state index is 0.0468. The molecule has 7 nitrogen and oxygen atoms in total. The van der Waals surface area contributed by atoms with E-state index in [-0.39, 0.29) is 11.8 Å². The first-order chi connectivity index (χ1) is 13.1. The molecule has 0 spiro atoms. The molecule has 1 aromatic rings. The molecule has 7 heteroatoms. The van der Waals surface area contributed by atoms with Gasteiger partial charge in [0.15, 0.2) is 11.5 Å². The standard InChI is InChI=1S/C21H34N2O5/c1-14(2)11-16(13-21(3,4)23-20(25)26)19(24)22-10-9-15-7-8-17(27-5)18(12-15)28-6/h7-8,12,14,16,23H,9-11,13H2,1-6H3,(H,22,24)(H,25,26)/t16-/m1/s1. The predicted octanol–water partition coefficient (Wildman–Crippen LogP) is 3.46. The Morgan fingerprint density at radius 2 is 1.79 bits per heavy atom. The lowest BCUT2D eigenvalue weighted by Gasteiger charge is -2.30. The van der Waals surface area contributed by atoms with E-state index in [0.29, 0.717) is 43.2 Å². The number of amides is 2. The molecule has 1 aromatic carbocycles. The summed E-state index contributed by atoms with van der Waals surface area (Å²) in [5, 5.41) is 14.5. The number of carboxylic acid groups (broad SMARTS) is 1. The number of benzene rings is 1. The van der Waals surface area contributed by atoms with Crippen molar-refractivity contribution in [3.63, 3.8) is 0 Å². The topological polar surface area (TPSA) is 96.9 Å². The van der Waals surface area contributed by atoms with Crippen LogP contribution in [0.25, 0.3) is 0 Å². The third kappa shape index (κ3) is 8.06. The number of carbonyl (C=O) groups is 2. The summed E-state index contributed by atoms with van der Waals surface area (Å²) in [7, 11) is 3.18. The highest BCUT2D eigenvalue weighted by Crippen LogP contribution is 2.27. The zero-order valence-electron chi connectivity index (χ0n) is 17.8. The van der Waals surface area contributed by atoms with Crippen molar-refractivity contribution in [2.24, 2.45) is 11.8 Å². The number of hydrogen-bond acceptors (Lipinski definition) is 4. The molecule has 2 amide bonds. The summed E-state index contributed by atoms with van der Waals surface area (Å²) in [6.45, 7) is 8.20. The Kier molecular flexibility index (Phi) is 9.09. The summed E-state index contributed by atoms with van der Waals surface area (Å²) in [5.74, 6) is 1.36. The van der Waals surface area contributed by atoms with Gasteiger partial charge in [0.2, 0.25) is 5.91 Å². The molecular formula is C21H34N2O5. The number of methoxy groups -OCH3 is 2. The third-order valence-corrected chi connectivity index (χ3v) is 4.49. The van der Waals surface area contributed by atoms with Gasteiger partial charge in [-0.1, -0.05) is 19.9 Å². The lowest BCUT2D eigenvalue weighted by atomic mass is 9.84. The molecule has 0 saturated carbocycles. The molecule has 1 rings (SSSR count). The largest absolute Gasteiger partial charge is 0.493 e. The molecule has 0 heterocycles. The zero-order valence-corrected chi connectivity index (χ0v) is 17.8. The van der Waals surface area contributed by atoms with Crippen molar-refractivity contribution in [2.75, 3.05) is 20.8 Å². The van der Waals surface area contributed by atoms with Crippen molar-refractivity contribution in [1.82, 2.24) is 10.6 Å². The molecule has 0 saturated heterocycles. The third-order valence-electron chi connectivity index (χ3n) is 4.49. The molecule has 0 radical (unpaired) electrons. The lowest BCUT2D eigenvalue weighted by Crippen LogP contribution is -2.46. The smallest absolute Gasteiger partial charge is 0.405 e. The molecule has 0 bridgehead atoms. The van der Waals surface area contributed by atoms with Crippen LogP contribution in [0.4, 0.5) is 4.79 Å². The highest BCUT2D eigenvalue weighted by molar-refractivity contribution is 5.79. The second-order valence-corrected chi connectivity index (χ2v) is 8.07. The fourth-order valence-electron chi connectivity index (χ4n) is 3.32. The van der Waals surface area contributed by atoms with Gasteiger partial charge in [0.1, 0.15) is 0 Å². The minimum Gasteiger partial charge on any atom is -0.493 e. The predicted molar refractivity (Wildman–Crippen MR) is 109 cm³/mol. The Balaban J connectivity index is 2.69. The molecule has 0 aliphatic carbocycles. The van der Waals surface area contributed by atoms with Crippen molar-refractivity contribution in [2.45, 2.75) is 52.5 Å². The van der Waals surface area contributed by atoms with Crippen LogP contribution in [0.5, 0.6) is 11.5 Å². The molecule has 1 atom stereocenters. The zero-order chi connectivity index (χ0) is 21.3. The highest BCUT2D eigenvalue weighted by atomic mass is 16.5. The first kappa shape index (κ1) is 23.6. The average Bonchev–Trinajstić information content (AvgIpc) is 2.59. The second-order valence-electron chi connectivity index (χ2n) is 8.07. The van der Waals surface area contributed by atoms with Gasteiger partial charge in [0, 0.05) is 18.0 Å². The monoisotopic (exact) mass is 394 g/mol. The minimum atomic E-state index is -1.08. The van der Waals surface area contributed by atoms with Crippen LogP contribution in [-0.4, -0.2) is 43.4 Å². The van der Waals surface area contributed by atoms with Crippen LogP contribution in [0, 0.1) is 11.8 Å². The summed E-state index contributed by atoms with van der Waals surface area (Å²) < 4.78 is 10.5. The first-order valence-electron chi connectivity index (χ1n) is 9.57. The van der Waals surface area contributed by atoms with E-state index in [1.54, 1.807) is 28.1 Å². The maximum absolute atomic E-state index is 12.7. The van der Waals surface area contributed by atoms with Crippen molar-refractivity contribution in [1.29, 1.82) is 0 Å². The summed E-state index contributed by atoms with van der Waals surface area (Å²) in [5.41, 5.74) is 0.359. The van der Waals surface area contributed by atoms with Gasteiger partial charge >= 0.3 is 6.09 Å². The van der Waals surface area contributed by atoms with Gasteiger partial charge < -0.3 is 25.2 Å². The Labute approximate surface area is 167 Å². The second kappa shape index (κ2) is 10.8. The number of nitrogens with one attached hydrogen (secondary N) is 2. The van der Waals surface area contributed by atoms with Gasteiger partial charge in [-0.3, -0.25) is 4.79 Å². The average molecular weight is 395 g/mol. The summed E-state index contributed by atoms with van der Waals surface area (Å²) >= 11 is 0. The van der Waals surface area contributed by atoms with Gasteiger partial charge in [-0.15, -0.1) is 0 Å². The van der Waals surface area contributed by atoms with Crippen molar-refractivity contribution < 1.29 is 24.2 Å². The summed E-state index contributed by atoms with van der Waals surface area (Å²) in [4.78, 5) is 23.7. The molecule has 0 aromatic heterocycles. The van der Waals surface area contributed by atoms with Gasteiger partial charge in [0.25, 0.3) is 0 Å². The number of ether oxygens (including phenoxy) is 2. The molecule has 0 fully saturated rings. The Bertz CT molecular complexity index is 658. The van der Waals surface area contributed by atoms with Crippen LogP contribution in [0.3, 0.4) is 0 Å². The van der Waals surface area contributed by atoms with Gasteiger partial charge in [-0.25, -0.2) is 4.79 Å². The number of rotatable bonds is 11. The van der Waals surface area contributed by atoms with Crippen LogP contribution >= 0.6 is 0 Å². The molecule has 3 N–H and O–H groups in total. The molecular weight excluding hydrogens is 360 g/mol. The van der Waals surface area contributed by atoms with E-state index in [0.717, 1.165) is 5.56 Å². The fourth-order valence-corrected chi connectivity index (χ4v) is 3.32. The normalized spacial score (nSPS) is 12.4. The van der Waals surface area contributed by atoms with Crippen molar-refractivity contribution in [3.8, 4) is 11.5 Å². The van der Waals surface area contributed by atoms with E-state index in [1.165, 1.54) is 0 Å². The maximum atomic E-state index is 12.7. The fraction of sp³-hybridized carbons (Fsp3) is 0.619. The summed E-state index contributed by atoms with van der Waals surface area (Å²) in [6.07, 6.45) is 0.728. The van der Waals surface area contributed by atoms with Crippen molar-refractivity contribution in [3.05, 3.63) is 23.8 Å². The van der Waals surface area contributed by atoms with Crippen LogP contribution in [-0.2, 0) is 11.2 Å². The number of carbonyl (C=O) groups excluding carboxylic acids is 1. The van der Waals surface area contributed by atoms with E-state index >= 15 is 0 Å². The van der Waals surface area contributed by atoms with E-state index < -0.39 is 11.6 Å². The van der Waals surface area contributed by atoms with E-state index in [9.17, 15) is 9.59 Å². The van der Waals surface area contributed by atoms with Crippen LogP contribution < -0.4 is 20.1 Å². The Hall–Kier alpha value is -2.44. The van der Waals surface area contributed by atoms with Crippen LogP contribution in [0.1, 0.15) is 46.1 Å². The summed E-state index contributed by atoms with van der Waals surface area (Å²) in [6, 6.07) is 5.69. The quantitative estimate of drug-likeness (QED) is 0.534. The molecule has 0 unspecified atom stereocenters. The van der Waals surface area contributed by atoms with Crippen LogP contribution in [0.2, 0.25) is 0 Å². The van der Waals surface area contributed by atoms with Crippen LogP contribution in [0.15, 0.2) is 18.2 Å². The molecule has 0 aliphatic heterocycles. The SMILES string of the molecule is COc1ccc(CCNC(=O)[C@H](CC(C)C)CC(C)(C)NC(=O)O)cc1OC. The molecule has 0 aliphatic rings. The lowest BCUT2D eigenvalue weighted by molar-refractivity contribution is -0.126. The van der Waals surface area contributed by atoms with E-state index in [4.69, 9.17) is 14.6 Å². The Morgan fingerprint density at radius 3 is 2.32 bits per heavy atom. The van der Waals surface area contributed by atoms with Crippen molar-refractivity contribution >= 4 is 12.0 Å². The maximum Gasteiger partial charge on any atom is 0.405 e. The van der Waals surface area contributed by atoms with Gasteiger partial charge in [-0.2, -0.15) is 0 Å². The molecule has 28 heavy (non-hydrogen) atoms. The highest BCUT2D eigenvalue weighted by Gasteiger charge is 2.29. The first-order valence-corrected chi connectivity index (χ1v) is 9.57. The Morgan fingerprint density at radius 1 is 1.14 bits per heavy atom. The van der Waals surface area contributed by atoms with E-state index in [1.807, 2.05) is 18.2 Å². The molecule has 158 valence electrons.